The minimum Gasteiger partial charge on any atom is -0.354 e. The van der Waals surface area contributed by atoms with Gasteiger partial charge in [0.1, 0.15) is 16.2 Å². The number of aromatic amines is 1. The van der Waals surface area contributed by atoms with Crippen LogP contribution in [0.2, 0.25) is 0 Å². The van der Waals surface area contributed by atoms with Gasteiger partial charge in [-0.05, 0) is 91.7 Å². The van der Waals surface area contributed by atoms with Gasteiger partial charge in [0.05, 0.1) is 5.69 Å². The molecule has 0 spiro atoms. The highest BCUT2D eigenvalue weighted by Gasteiger charge is 2.30. The predicted molar refractivity (Wildman–Crippen MR) is 138 cm³/mol. The van der Waals surface area contributed by atoms with Crippen LogP contribution in [0.1, 0.15) is 73.6 Å². The van der Waals surface area contributed by atoms with Crippen LogP contribution in [0.15, 0.2) is 30.7 Å². The van der Waals surface area contributed by atoms with E-state index in [1.807, 2.05) is 4.52 Å². The van der Waals surface area contributed by atoms with Crippen molar-refractivity contribution in [2.45, 2.75) is 65.2 Å². The maximum absolute atomic E-state index is 11.4. The van der Waals surface area contributed by atoms with Gasteiger partial charge in [-0.3, -0.25) is 0 Å². The molecule has 1 saturated carbocycles. The number of fused-ring (bicyclic) bond motifs is 2. The molecule has 1 aliphatic carbocycles. The smallest absolute Gasteiger partial charge is 0.158 e. The van der Waals surface area contributed by atoms with Gasteiger partial charge >= 0.3 is 0 Å². The summed E-state index contributed by atoms with van der Waals surface area (Å²) in [5, 5.41) is 5.70. The van der Waals surface area contributed by atoms with E-state index in [4.69, 9.17) is 0 Å². The predicted octanol–water partition coefficient (Wildman–Crippen LogP) is 5.94. The van der Waals surface area contributed by atoms with Crippen molar-refractivity contribution in [3.63, 3.8) is 0 Å². The average Bonchev–Trinajstić information content (AvgIpc) is 3.35. The molecule has 0 saturated heterocycles. The lowest BCUT2D eigenvalue weighted by molar-refractivity contribution is 0.246. The summed E-state index contributed by atoms with van der Waals surface area (Å²) in [4.78, 5) is 8.13. The van der Waals surface area contributed by atoms with Crippen LogP contribution in [-0.2, 0) is 9.84 Å². The molecule has 3 aromatic heterocycles. The van der Waals surface area contributed by atoms with Crippen LogP contribution in [0.25, 0.3) is 27.8 Å². The van der Waals surface area contributed by atoms with Gasteiger partial charge in [-0.25, -0.2) is 17.9 Å². The first-order chi connectivity index (χ1) is 16.1. The zero-order chi connectivity index (χ0) is 24.2. The number of aromatic nitrogens is 4. The summed E-state index contributed by atoms with van der Waals surface area (Å²) in [6, 6.07) is 6.88. The van der Waals surface area contributed by atoms with Crippen molar-refractivity contribution in [3.8, 4) is 11.3 Å². The highest BCUT2D eigenvalue weighted by atomic mass is 32.2. The van der Waals surface area contributed by atoms with Crippen LogP contribution >= 0.6 is 0 Å². The summed E-state index contributed by atoms with van der Waals surface area (Å²) in [5.41, 5.74) is 9.55. The van der Waals surface area contributed by atoms with Crippen molar-refractivity contribution < 1.29 is 8.42 Å². The van der Waals surface area contributed by atoms with Crippen molar-refractivity contribution in [2.75, 3.05) is 12.0 Å². The van der Waals surface area contributed by atoms with Gasteiger partial charge in [-0.1, -0.05) is 19.9 Å². The molecule has 7 heteroatoms. The fraction of sp³-hybridized carbons (Fsp3) is 0.481. The van der Waals surface area contributed by atoms with Gasteiger partial charge in [-0.2, -0.15) is 5.10 Å². The minimum absolute atomic E-state index is 0.309. The van der Waals surface area contributed by atoms with Gasteiger partial charge in [0.2, 0.25) is 0 Å². The summed E-state index contributed by atoms with van der Waals surface area (Å²) in [6.45, 7) is 8.80. The molecular formula is C27H34N4O2S. The largest absolute Gasteiger partial charge is 0.354 e. The van der Waals surface area contributed by atoms with Crippen LogP contribution in [0.3, 0.4) is 0 Å². The molecule has 6 nitrogen and oxygen atoms in total. The lowest BCUT2D eigenvalue weighted by atomic mass is 9.69. The monoisotopic (exact) mass is 478 g/mol. The molecule has 0 amide bonds. The van der Waals surface area contributed by atoms with E-state index < -0.39 is 9.84 Å². The molecule has 0 radical (unpaired) electrons. The Labute approximate surface area is 201 Å². The molecule has 1 aliphatic rings. The summed E-state index contributed by atoms with van der Waals surface area (Å²) >= 11 is 0. The second kappa shape index (κ2) is 8.52. The molecule has 34 heavy (non-hydrogen) atoms. The summed E-state index contributed by atoms with van der Waals surface area (Å²) in [6.07, 6.45) is 9.14. The van der Waals surface area contributed by atoms with E-state index in [9.17, 15) is 8.42 Å². The normalized spacial score (nSPS) is 18.8. The number of rotatable bonds is 7. The first-order valence-corrected chi connectivity index (χ1v) is 14.3. The maximum atomic E-state index is 11.4. The van der Waals surface area contributed by atoms with E-state index in [1.165, 1.54) is 45.1 Å². The second-order valence-electron chi connectivity index (χ2n) is 10.5. The van der Waals surface area contributed by atoms with Gasteiger partial charge in [0.15, 0.2) is 5.65 Å². The van der Waals surface area contributed by atoms with Crippen LogP contribution in [0.5, 0.6) is 0 Å². The number of aryl methyl sites for hydroxylation is 1. The Bertz CT molecular complexity index is 1470. The number of nitrogens with one attached hydrogen (secondary N) is 1. The number of pyridine rings is 1. The molecule has 0 atom stereocenters. The number of hydrogen-bond donors (Lipinski definition) is 1. The van der Waals surface area contributed by atoms with E-state index >= 15 is 0 Å². The SMILES string of the molecule is Cc1c(-c2[nH]c3ccc(C4CC(CCCS(C)(=O)=O)C4)cc3c2C(C)C)cn2ncnc2c1C. The Balaban J connectivity index is 1.46. The Hall–Kier alpha value is -2.67. The molecule has 1 fully saturated rings. The number of H-pyrrole nitrogens is 1. The molecular weight excluding hydrogens is 444 g/mol. The lowest BCUT2D eigenvalue weighted by Gasteiger charge is -2.36. The molecule has 0 aliphatic heterocycles. The second-order valence-corrected chi connectivity index (χ2v) is 12.8. The third-order valence-corrected chi connectivity index (χ3v) is 8.70. The third kappa shape index (κ3) is 4.15. The molecule has 1 aromatic carbocycles. The first-order valence-electron chi connectivity index (χ1n) is 12.3. The molecule has 4 aromatic rings. The van der Waals surface area contributed by atoms with E-state index in [0.29, 0.717) is 23.5 Å². The quantitative estimate of drug-likeness (QED) is 0.357. The van der Waals surface area contributed by atoms with Crippen LogP contribution < -0.4 is 0 Å². The van der Waals surface area contributed by atoms with E-state index in [0.717, 1.165) is 36.9 Å². The van der Waals surface area contributed by atoms with Crippen LogP contribution in [0.4, 0.5) is 0 Å². The van der Waals surface area contributed by atoms with Gasteiger partial charge in [0.25, 0.3) is 0 Å². The van der Waals surface area contributed by atoms with Crippen LogP contribution in [-0.4, -0.2) is 40.0 Å². The van der Waals surface area contributed by atoms with Crippen molar-refractivity contribution in [3.05, 3.63) is 53.0 Å². The van der Waals surface area contributed by atoms with Crippen molar-refractivity contribution in [1.82, 2.24) is 19.6 Å². The Morgan fingerprint density at radius 2 is 1.94 bits per heavy atom. The average molecular weight is 479 g/mol. The van der Waals surface area contributed by atoms with E-state index in [2.05, 4.69) is 67.2 Å². The Morgan fingerprint density at radius 3 is 2.65 bits per heavy atom. The van der Waals surface area contributed by atoms with Crippen molar-refractivity contribution in [1.29, 1.82) is 0 Å². The van der Waals surface area contributed by atoms with E-state index in [1.54, 1.807) is 6.33 Å². The number of benzene rings is 1. The third-order valence-electron chi connectivity index (χ3n) is 7.67. The summed E-state index contributed by atoms with van der Waals surface area (Å²) < 4.78 is 24.7. The molecule has 180 valence electrons. The summed E-state index contributed by atoms with van der Waals surface area (Å²) in [5.74, 6) is 1.90. The molecule has 3 heterocycles. The first kappa shape index (κ1) is 23.1. The fourth-order valence-corrected chi connectivity index (χ4v) is 6.32. The molecule has 5 rings (SSSR count). The number of hydrogen-bond acceptors (Lipinski definition) is 4. The standard InChI is InChI=1S/C27H34N4O2S/c1-16(2)25-22-13-20(21-11-19(12-21)7-6-10-34(5,32)33)8-9-24(22)30-26(25)23-14-31-27(28-15-29-31)18(4)17(23)3/h8-9,13-16,19,21,30H,6-7,10-12H2,1-5H3. The number of sulfone groups is 1. The fourth-order valence-electron chi connectivity index (χ4n) is 5.63. The zero-order valence-corrected chi connectivity index (χ0v) is 21.5. The van der Waals surface area contributed by atoms with Crippen molar-refractivity contribution in [2.24, 2.45) is 5.92 Å². The maximum Gasteiger partial charge on any atom is 0.158 e. The van der Waals surface area contributed by atoms with E-state index in [-0.39, 0.29) is 0 Å². The zero-order valence-electron chi connectivity index (χ0n) is 20.7. The lowest BCUT2D eigenvalue weighted by Crippen LogP contribution is -2.22. The highest BCUT2D eigenvalue weighted by molar-refractivity contribution is 7.90. The van der Waals surface area contributed by atoms with Gasteiger partial charge < -0.3 is 4.98 Å². The Morgan fingerprint density at radius 1 is 1.18 bits per heavy atom. The minimum atomic E-state index is -2.85. The van der Waals surface area contributed by atoms with Gasteiger partial charge in [0, 0.05) is 34.7 Å². The van der Waals surface area contributed by atoms with Crippen LogP contribution in [0, 0.1) is 19.8 Å². The van der Waals surface area contributed by atoms with Crippen molar-refractivity contribution >= 4 is 26.4 Å². The number of nitrogens with zero attached hydrogens (tertiary/aromatic N) is 3. The molecule has 0 unspecified atom stereocenters. The molecule has 0 bridgehead atoms. The van der Waals surface area contributed by atoms with Gasteiger partial charge in [-0.15, -0.1) is 0 Å². The topological polar surface area (TPSA) is 80.1 Å². The summed E-state index contributed by atoms with van der Waals surface area (Å²) in [7, 11) is -2.85. The molecule has 1 N–H and O–H groups in total. The Kier molecular flexibility index (Phi) is 5.79. The highest BCUT2D eigenvalue weighted by Crippen LogP contribution is 2.46.